The lowest BCUT2D eigenvalue weighted by molar-refractivity contribution is 0.600. The zero-order chi connectivity index (χ0) is 16.4. The first kappa shape index (κ1) is 16.7. The van der Waals surface area contributed by atoms with Crippen LogP contribution in [0, 0.1) is 6.92 Å². The summed E-state index contributed by atoms with van der Waals surface area (Å²) >= 11 is 5.70. The number of hydrogen-bond acceptors (Lipinski definition) is 4. The van der Waals surface area contributed by atoms with Crippen LogP contribution in [0.2, 0.25) is 5.02 Å². The third-order valence-corrected chi connectivity index (χ3v) is 6.18. The molecule has 2 aromatic carbocycles. The minimum Gasteiger partial charge on any atom is -0.219 e. The van der Waals surface area contributed by atoms with Crippen LogP contribution in [0.25, 0.3) is 0 Å². The first-order valence-electron chi connectivity index (χ1n) is 6.21. The number of rotatable bonds is 4. The van der Waals surface area contributed by atoms with Crippen LogP contribution in [0.4, 0.5) is 0 Å². The number of hydrogen-bond donors (Lipinski definition) is 0. The van der Waals surface area contributed by atoms with Crippen LogP contribution in [-0.2, 0) is 19.7 Å². The van der Waals surface area contributed by atoms with Gasteiger partial charge < -0.3 is 0 Å². The Morgan fingerprint density at radius 3 is 1.50 bits per heavy atom. The quantitative estimate of drug-likeness (QED) is 0.842. The molecule has 2 rings (SSSR count). The van der Waals surface area contributed by atoms with Crippen molar-refractivity contribution in [1.82, 2.24) is 0 Å². The Morgan fingerprint density at radius 1 is 0.727 bits per heavy atom. The molecule has 7 heteroatoms. The van der Waals surface area contributed by atoms with Gasteiger partial charge in [0.15, 0.2) is 0 Å². The first-order chi connectivity index (χ1) is 10.2. The second-order valence-electron chi connectivity index (χ2n) is 4.63. The highest BCUT2D eigenvalue weighted by atomic mass is 35.5. The second kappa shape index (κ2) is 6.24. The van der Waals surface area contributed by atoms with Gasteiger partial charge in [0, 0.05) is 15.8 Å². The van der Waals surface area contributed by atoms with Crippen LogP contribution in [0.3, 0.4) is 0 Å². The molecule has 0 spiro atoms. The normalized spacial score (nSPS) is 12.6. The molecule has 0 aliphatic carbocycles. The minimum atomic E-state index is -3.84. The van der Waals surface area contributed by atoms with Crippen molar-refractivity contribution in [3.8, 4) is 0 Å². The summed E-state index contributed by atoms with van der Waals surface area (Å²) in [5, 5.41) is 1.78. The smallest absolute Gasteiger partial charge is 0.200 e. The van der Waals surface area contributed by atoms with E-state index in [9.17, 15) is 16.8 Å². The van der Waals surface area contributed by atoms with Crippen molar-refractivity contribution in [2.75, 3.05) is 0 Å². The average Bonchev–Trinajstić information content (AvgIpc) is 2.46. The summed E-state index contributed by atoms with van der Waals surface area (Å²) in [5.74, 6) is 0. The lowest BCUT2D eigenvalue weighted by Crippen LogP contribution is -2.00. The summed E-state index contributed by atoms with van der Waals surface area (Å²) in [4.78, 5) is 0.0212. The van der Waals surface area contributed by atoms with Gasteiger partial charge in [-0.05, 0) is 43.3 Å². The summed E-state index contributed by atoms with van der Waals surface area (Å²) in [6, 6.07) is 11.7. The maximum absolute atomic E-state index is 12.1. The molecule has 0 radical (unpaired) electrons. The van der Waals surface area contributed by atoms with Crippen LogP contribution in [0.5, 0.6) is 0 Å². The van der Waals surface area contributed by atoms with Gasteiger partial charge in [0.05, 0.1) is 9.79 Å². The lowest BCUT2D eigenvalue weighted by Gasteiger charge is -2.01. The van der Waals surface area contributed by atoms with Crippen LogP contribution in [0.15, 0.2) is 69.1 Å². The van der Waals surface area contributed by atoms with Crippen molar-refractivity contribution < 1.29 is 16.8 Å². The molecular weight excluding hydrogens is 344 g/mol. The summed E-state index contributed by atoms with van der Waals surface area (Å²) in [6.07, 6.45) is 0. The van der Waals surface area contributed by atoms with Gasteiger partial charge in [0.1, 0.15) is 0 Å². The topological polar surface area (TPSA) is 68.3 Å². The highest BCUT2D eigenvalue weighted by Crippen LogP contribution is 2.18. The number of aryl methyl sites for hydroxylation is 1. The Hall–Kier alpha value is -1.63. The highest BCUT2D eigenvalue weighted by molar-refractivity contribution is 7.97. The van der Waals surface area contributed by atoms with Crippen molar-refractivity contribution in [2.24, 2.45) is 0 Å². The van der Waals surface area contributed by atoms with E-state index < -0.39 is 19.7 Å². The van der Waals surface area contributed by atoms with Gasteiger partial charge in [0.25, 0.3) is 0 Å². The molecule has 0 aromatic heterocycles. The largest absolute Gasteiger partial charge is 0.219 e. The van der Waals surface area contributed by atoms with Crippen molar-refractivity contribution in [3.63, 3.8) is 0 Å². The van der Waals surface area contributed by atoms with E-state index >= 15 is 0 Å². The van der Waals surface area contributed by atoms with E-state index in [4.69, 9.17) is 11.6 Å². The van der Waals surface area contributed by atoms with E-state index in [0.717, 1.165) is 5.56 Å². The third-order valence-electron chi connectivity index (χ3n) is 2.91. The van der Waals surface area contributed by atoms with Crippen LogP contribution < -0.4 is 0 Å². The number of benzene rings is 2. The fourth-order valence-electron chi connectivity index (χ4n) is 1.66. The molecule has 116 valence electrons. The molecule has 0 saturated carbocycles. The minimum absolute atomic E-state index is 0.0211. The van der Waals surface area contributed by atoms with Gasteiger partial charge >= 0.3 is 0 Å². The van der Waals surface area contributed by atoms with Gasteiger partial charge in [-0.1, -0.05) is 29.3 Å². The van der Waals surface area contributed by atoms with Crippen molar-refractivity contribution >= 4 is 31.3 Å². The summed E-state index contributed by atoms with van der Waals surface area (Å²) in [6.45, 7) is 1.83. The molecule has 0 unspecified atom stereocenters. The fraction of sp³-hybridized carbons (Fsp3) is 0.0667. The zero-order valence-electron chi connectivity index (χ0n) is 11.6. The number of halogens is 1. The molecule has 0 fully saturated rings. The molecule has 0 heterocycles. The molecule has 0 atom stereocenters. The molecule has 0 amide bonds. The molecule has 0 aliphatic rings. The molecular formula is C15H13ClO4S2. The molecule has 0 N–H and O–H groups in total. The summed E-state index contributed by atoms with van der Waals surface area (Å²) < 4.78 is 48.4. The standard InChI is InChI=1S/C15H13ClO4S2/c1-12-2-6-14(7-3-12)21(17,18)10-11-22(19,20)15-8-4-13(16)5-9-15/h2-11H,1H3/b11-10+. The molecule has 0 bridgehead atoms. The van der Waals surface area contributed by atoms with Gasteiger partial charge in [-0.3, -0.25) is 0 Å². The Balaban J connectivity index is 2.34. The van der Waals surface area contributed by atoms with E-state index in [1.54, 1.807) is 12.1 Å². The Labute approximate surface area is 134 Å². The Bertz CT molecular complexity index is 818. The molecule has 2 aromatic rings. The van der Waals surface area contributed by atoms with Gasteiger partial charge in [-0.25, -0.2) is 16.8 Å². The van der Waals surface area contributed by atoms with Crippen molar-refractivity contribution in [1.29, 1.82) is 0 Å². The third kappa shape index (κ3) is 3.97. The molecule has 0 saturated heterocycles. The van der Waals surface area contributed by atoms with Gasteiger partial charge in [-0.2, -0.15) is 0 Å². The lowest BCUT2D eigenvalue weighted by atomic mass is 10.2. The van der Waals surface area contributed by atoms with Crippen LogP contribution in [-0.4, -0.2) is 16.8 Å². The van der Waals surface area contributed by atoms with Crippen LogP contribution >= 0.6 is 11.6 Å². The van der Waals surface area contributed by atoms with E-state index in [-0.39, 0.29) is 9.79 Å². The van der Waals surface area contributed by atoms with Gasteiger partial charge in [-0.15, -0.1) is 0 Å². The molecule has 0 aliphatic heterocycles. The maximum atomic E-state index is 12.1. The Kier molecular flexibility index (Phi) is 4.75. The van der Waals surface area contributed by atoms with Crippen molar-refractivity contribution in [2.45, 2.75) is 16.7 Å². The second-order valence-corrected chi connectivity index (χ2v) is 8.73. The van der Waals surface area contributed by atoms with Crippen LogP contribution in [0.1, 0.15) is 5.56 Å². The summed E-state index contributed by atoms with van der Waals surface area (Å²) in [5.41, 5.74) is 0.914. The molecule has 22 heavy (non-hydrogen) atoms. The molecule has 4 nitrogen and oxygen atoms in total. The summed E-state index contributed by atoms with van der Waals surface area (Å²) in [7, 11) is -7.66. The van der Waals surface area contributed by atoms with Gasteiger partial charge in [0.2, 0.25) is 19.7 Å². The zero-order valence-corrected chi connectivity index (χ0v) is 14.0. The maximum Gasteiger partial charge on any atom is 0.200 e. The predicted molar refractivity (Wildman–Crippen MR) is 86.1 cm³/mol. The van der Waals surface area contributed by atoms with E-state index in [0.29, 0.717) is 15.8 Å². The SMILES string of the molecule is Cc1ccc(S(=O)(=O)/C=C/S(=O)(=O)c2ccc(Cl)cc2)cc1. The predicted octanol–water partition coefficient (Wildman–Crippen LogP) is 3.37. The first-order valence-corrected chi connectivity index (χ1v) is 9.68. The van der Waals surface area contributed by atoms with E-state index in [1.165, 1.54) is 36.4 Å². The monoisotopic (exact) mass is 356 g/mol. The van der Waals surface area contributed by atoms with Crippen molar-refractivity contribution in [3.05, 3.63) is 69.9 Å². The highest BCUT2D eigenvalue weighted by Gasteiger charge is 2.15. The number of sulfone groups is 2. The average molecular weight is 357 g/mol. The van der Waals surface area contributed by atoms with E-state index in [1.807, 2.05) is 6.92 Å². The van der Waals surface area contributed by atoms with E-state index in [2.05, 4.69) is 0 Å². The fourth-order valence-corrected chi connectivity index (χ4v) is 4.30. The Morgan fingerprint density at radius 2 is 1.09 bits per heavy atom.